The minimum atomic E-state index is -4.33. The van der Waals surface area contributed by atoms with Gasteiger partial charge in [-0.05, 0) is 24.6 Å². The molecule has 1 rings (SSSR count). The summed E-state index contributed by atoms with van der Waals surface area (Å²) in [7, 11) is 1.58. The lowest BCUT2D eigenvalue weighted by molar-refractivity contribution is -0.137. The molecule has 1 aromatic rings. The number of rotatable bonds is 5. The molecule has 0 aliphatic carbocycles. The van der Waals surface area contributed by atoms with Crippen LogP contribution in [0.1, 0.15) is 12.0 Å². The SMILES string of the molecule is COCCCNc1cc(Br)cc(C(F)(F)F)c1. The van der Waals surface area contributed by atoms with E-state index >= 15 is 0 Å². The standard InChI is InChI=1S/C11H13BrF3NO/c1-17-4-2-3-16-10-6-8(11(13,14)15)5-9(12)7-10/h5-7,16H,2-4H2,1H3. The van der Waals surface area contributed by atoms with Crippen molar-refractivity contribution in [2.24, 2.45) is 0 Å². The second-order valence-electron chi connectivity index (χ2n) is 3.50. The van der Waals surface area contributed by atoms with Crippen LogP contribution in [-0.2, 0) is 10.9 Å². The Morgan fingerprint density at radius 2 is 2.00 bits per heavy atom. The lowest BCUT2D eigenvalue weighted by Crippen LogP contribution is -2.08. The van der Waals surface area contributed by atoms with E-state index in [1.807, 2.05) is 0 Å². The fourth-order valence-corrected chi connectivity index (χ4v) is 1.80. The van der Waals surface area contributed by atoms with Crippen LogP contribution in [0.25, 0.3) is 0 Å². The van der Waals surface area contributed by atoms with E-state index in [4.69, 9.17) is 4.74 Å². The fraction of sp³-hybridized carbons (Fsp3) is 0.455. The normalized spacial score (nSPS) is 11.6. The zero-order valence-corrected chi connectivity index (χ0v) is 10.9. The molecule has 0 saturated heterocycles. The van der Waals surface area contributed by atoms with Crippen molar-refractivity contribution in [1.29, 1.82) is 0 Å². The van der Waals surface area contributed by atoms with Gasteiger partial charge < -0.3 is 10.1 Å². The van der Waals surface area contributed by atoms with Gasteiger partial charge in [0.1, 0.15) is 0 Å². The quantitative estimate of drug-likeness (QED) is 0.832. The van der Waals surface area contributed by atoms with E-state index in [1.165, 1.54) is 0 Å². The molecule has 96 valence electrons. The van der Waals surface area contributed by atoms with Crippen LogP contribution < -0.4 is 5.32 Å². The number of hydrogen-bond acceptors (Lipinski definition) is 2. The molecule has 0 unspecified atom stereocenters. The number of nitrogens with one attached hydrogen (secondary N) is 1. The highest BCUT2D eigenvalue weighted by Gasteiger charge is 2.31. The number of ether oxygens (including phenoxy) is 1. The molecule has 0 radical (unpaired) electrons. The molecule has 0 amide bonds. The first-order valence-corrected chi connectivity index (χ1v) is 5.83. The number of alkyl halides is 3. The minimum Gasteiger partial charge on any atom is -0.385 e. The summed E-state index contributed by atoms with van der Waals surface area (Å²) in [5.74, 6) is 0. The van der Waals surface area contributed by atoms with Crippen molar-refractivity contribution in [3.05, 3.63) is 28.2 Å². The van der Waals surface area contributed by atoms with E-state index in [0.717, 1.165) is 18.6 Å². The Morgan fingerprint density at radius 3 is 2.59 bits per heavy atom. The molecule has 0 bridgehead atoms. The molecule has 0 aliphatic rings. The Labute approximate surface area is 106 Å². The zero-order valence-electron chi connectivity index (χ0n) is 9.27. The number of halogens is 4. The van der Waals surface area contributed by atoms with Gasteiger partial charge in [0.25, 0.3) is 0 Å². The Kier molecular flexibility index (Phi) is 5.27. The van der Waals surface area contributed by atoms with Gasteiger partial charge in [-0.15, -0.1) is 0 Å². The predicted octanol–water partition coefficient (Wildman–Crippen LogP) is 3.92. The predicted molar refractivity (Wildman–Crippen MR) is 64.1 cm³/mol. The van der Waals surface area contributed by atoms with Crippen LogP contribution in [0.3, 0.4) is 0 Å². The summed E-state index contributed by atoms with van der Waals surface area (Å²) >= 11 is 3.06. The van der Waals surface area contributed by atoms with E-state index in [2.05, 4.69) is 21.2 Å². The monoisotopic (exact) mass is 311 g/mol. The Hall–Kier alpha value is -0.750. The van der Waals surface area contributed by atoms with Crippen molar-refractivity contribution >= 4 is 21.6 Å². The van der Waals surface area contributed by atoms with Crippen LogP contribution in [-0.4, -0.2) is 20.3 Å². The topological polar surface area (TPSA) is 21.3 Å². The lowest BCUT2D eigenvalue weighted by Gasteiger charge is -2.11. The number of methoxy groups -OCH3 is 1. The summed E-state index contributed by atoms with van der Waals surface area (Å²) in [4.78, 5) is 0. The lowest BCUT2D eigenvalue weighted by atomic mass is 10.2. The molecule has 0 aliphatic heterocycles. The molecule has 0 fully saturated rings. The summed E-state index contributed by atoms with van der Waals surface area (Å²) in [5, 5.41) is 2.92. The van der Waals surface area contributed by atoms with Crippen molar-refractivity contribution in [3.8, 4) is 0 Å². The van der Waals surface area contributed by atoms with E-state index in [0.29, 0.717) is 23.3 Å². The molecule has 1 N–H and O–H groups in total. The third kappa shape index (κ3) is 4.95. The number of benzene rings is 1. The maximum Gasteiger partial charge on any atom is 0.416 e. The van der Waals surface area contributed by atoms with Gasteiger partial charge in [-0.3, -0.25) is 0 Å². The van der Waals surface area contributed by atoms with Crippen molar-refractivity contribution in [1.82, 2.24) is 0 Å². The summed E-state index contributed by atoms with van der Waals surface area (Å²) < 4.78 is 42.8. The minimum absolute atomic E-state index is 0.404. The van der Waals surface area contributed by atoms with Crippen LogP contribution in [0.5, 0.6) is 0 Å². The number of anilines is 1. The largest absolute Gasteiger partial charge is 0.416 e. The summed E-state index contributed by atoms with van der Waals surface area (Å²) in [6.45, 7) is 1.15. The second-order valence-corrected chi connectivity index (χ2v) is 4.42. The van der Waals surface area contributed by atoms with Crippen LogP contribution in [0, 0.1) is 0 Å². The van der Waals surface area contributed by atoms with Crippen molar-refractivity contribution in [2.75, 3.05) is 25.6 Å². The van der Waals surface area contributed by atoms with E-state index in [9.17, 15) is 13.2 Å². The first-order chi connectivity index (χ1) is 7.93. The molecule has 6 heteroatoms. The molecular weight excluding hydrogens is 299 g/mol. The third-order valence-electron chi connectivity index (χ3n) is 2.08. The van der Waals surface area contributed by atoms with Crippen molar-refractivity contribution < 1.29 is 17.9 Å². The summed E-state index contributed by atoms with van der Waals surface area (Å²) in [6.07, 6.45) is -3.59. The van der Waals surface area contributed by atoms with E-state index in [1.54, 1.807) is 13.2 Å². The first kappa shape index (κ1) is 14.3. The molecule has 0 spiro atoms. The molecule has 0 heterocycles. The number of hydrogen-bond donors (Lipinski definition) is 1. The summed E-state index contributed by atoms with van der Waals surface area (Å²) in [6, 6.07) is 3.76. The van der Waals surface area contributed by atoms with Gasteiger partial charge in [-0.25, -0.2) is 0 Å². The average Bonchev–Trinajstić information content (AvgIpc) is 2.22. The van der Waals surface area contributed by atoms with Crippen molar-refractivity contribution in [2.45, 2.75) is 12.6 Å². The molecule has 0 aromatic heterocycles. The highest BCUT2D eigenvalue weighted by atomic mass is 79.9. The van der Waals surface area contributed by atoms with Crippen LogP contribution in [0.15, 0.2) is 22.7 Å². The molecular formula is C11H13BrF3NO. The van der Waals surface area contributed by atoms with Gasteiger partial charge >= 0.3 is 6.18 Å². The highest BCUT2D eigenvalue weighted by Crippen LogP contribution is 2.33. The molecule has 1 aromatic carbocycles. The van der Waals surface area contributed by atoms with Gasteiger partial charge in [0, 0.05) is 30.4 Å². The highest BCUT2D eigenvalue weighted by molar-refractivity contribution is 9.10. The second kappa shape index (κ2) is 6.26. The van der Waals surface area contributed by atoms with Crippen LogP contribution in [0.4, 0.5) is 18.9 Å². The molecule has 0 atom stereocenters. The smallest absolute Gasteiger partial charge is 0.385 e. The molecule has 17 heavy (non-hydrogen) atoms. The Balaban J connectivity index is 2.69. The summed E-state index contributed by atoms with van der Waals surface area (Å²) in [5.41, 5.74) is -0.219. The zero-order chi connectivity index (χ0) is 12.9. The van der Waals surface area contributed by atoms with Gasteiger partial charge in [-0.2, -0.15) is 13.2 Å². The van der Waals surface area contributed by atoms with Crippen molar-refractivity contribution in [3.63, 3.8) is 0 Å². The fourth-order valence-electron chi connectivity index (χ4n) is 1.30. The first-order valence-electron chi connectivity index (χ1n) is 5.04. The van der Waals surface area contributed by atoms with Gasteiger partial charge in [0.05, 0.1) is 5.56 Å². The van der Waals surface area contributed by atoms with Gasteiger partial charge in [-0.1, -0.05) is 15.9 Å². The van der Waals surface area contributed by atoms with Crippen LogP contribution in [0.2, 0.25) is 0 Å². The van der Waals surface area contributed by atoms with Gasteiger partial charge in [0.15, 0.2) is 0 Å². The molecule has 2 nitrogen and oxygen atoms in total. The Bertz CT molecular complexity index is 368. The Morgan fingerprint density at radius 1 is 1.29 bits per heavy atom. The molecule has 0 saturated carbocycles. The maximum absolute atomic E-state index is 12.5. The average molecular weight is 312 g/mol. The third-order valence-corrected chi connectivity index (χ3v) is 2.54. The maximum atomic E-state index is 12.5. The van der Waals surface area contributed by atoms with E-state index in [-0.39, 0.29) is 0 Å². The van der Waals surface area contributed by atoms with Gasteiger partial charge in [0.2, 0.25) is 0 Å². The van der Waals surface area contributed by atoms with Crippen LogP contribution >= 0.6 is 15.9 Å². The van der Waals surface area contributed by atoms with E-state index < -0.39 is 11.7 Å².